The summed E-state index contributed by atoms with van der Waals surface area (Å²) in [5, 5.41) is 9.58. The normalized spacial score (nSPS) is 35.2. The van der Waals surface area contributed by atoms with E-state index < -0.39 is 71.3 Å². The zero-order chi connectivity index (χ0) is 30.2. The van der Waals surface area contributed by atoms with Gasteiger partial charge in [-0.05, 0) is 49.5 Å². The number of allylic oxidation sites excluding steroid dienone is 2. The standard InChI is InChI=1S/C30H33Cl2F3N4O3/c1-39(2)26(41)15-8-17(9-15)36-25(40)24-22(18-4-3-5-20(32)23(18)35)30(29(38-24)11-28(12-29,13-33)14-34)19-7-6-16(31)10-21(19)37-27(30)42/h3-7,10,15,17,19,21-22,24,38H,8-9,11-14H2,1-2H3,(H,36,40)(H,37,42)/t15?,17?,19?,21?,22-,24+,30+/m0/s1. The molecule has 1 aromatic rings. The van der Waals surface area contributed by atoms with Gasteiger partial charge in [0.1, 0.15) is 5.82 Å². The summed E-state index contributed by atoms with van der Waals surface area (Å²) >= 11 is 12.5. The lowest BCUT2D eigenvalue weighted by molar-refractivity contribution is -0.146. The lowest BCUT2D eigenvalue weighted by Crippen LogP contribution is -2.70. The molecular weight excluding hydrogens is 592 g/mol. The summed E-state index contributed by atoms with van der Waals surface area (Å²) in [6.45, 7) is -1.87. The Labute approximate surface area is 252 Å². The maximum atomic E-state index is 15.9. The van der Waals surface area contributed by atoms with Crippen LogP contribution in [0.15, 0.2) is 41.5 Å². The van der Waals surface area contributed by atoms with Crippen LogP contribution in [0.25, 0.3) is 0 Å². The van der Waals surface area contributed by atoms with E-state index in [1.165, 1.54) is 17.0 Å². The van der Waals surface area contributed by atoms with Gasteiger partial charge in [-0.25, -0.2) is 4.39 Å². The van der Waals surface area contributed by atoms with Gasteiger partial charge in [-0.3, -0.25) is 28.5 Å². The molecule has 2 aliphatic heterocycles. The Bertz CT molecular complexity index is 1390. The van der Waals surface area contributed by atoms with E-state index in [4.69, 9.17) is 23.2 Å². The van der Waals surface area contributed by atoms with Gasteiger partial charge in [0.05, 0.1) is 35.9 Å². The van der Waals surface area contributed by atoms with E-state index in [0.29, 0.717) is 17.9 Å². The summed E-state index contributed by atoms with van der Waals surface area (Å²) in [7, 11) is 3.35. The quantitative estimate of drug-likeness (QED) is 0.450. The summed E-state index contributed by atoms with van der Waals surface area (Å²) in [5.41, 5.74) is -3.96. The molecule has 3 N–H and O–H groups in total. The van der Waals surface area contributed by atoms with Crippen molar-refractivity contribution in [2.24, 2.45) is 22.7 Å². The van der Waals surface area contributed by atoms with Crippen LogP contribution in [0, 0.1) is 28.5 Å². The highest BCUT2D eigenvalue weighted by atomic mass is 35.5. The maximum Gasteiger partial charge on any atom is 0.238 e. The Kier molecular flexibility index (Phi) is 7.21. The van der Waals surface area contributed by atoms with Crippen LogP contribution in [0.2, 0.25) is 5.02 Å². The van der Waals surface area contributed by atoms with Crippen LogP contribution in [0.4, 0.5) is 13.2 Å². The first kappa shape index (κ1) is 29.5. The number of hydrogen-bond donors (Lipinski definition) is 3. The minimum absolute atomic E-state index is 0.0241. The highest BCUT2D eigenvalue weighted by Gasteiger charge is 2.80. The number of carbonyl (C=O) groups is 3. The van der Waals surface area contributed by atoms with Crippen molar-refractivity contribution in [1.29, 1.82) is 0 Å². The molecule has 226 valence electrons. The molecule has 5 aliphatic rings. The Balaban J connectivity index is 1.44. The van der Waals surface area contributed by atoms with Gasteiger partial charge in [-0.2, -0.15) is 0 Å². The average molecular weight is 626 g/mol. The molecule has 5 atom stereocenters. The Morgan fingerprint density at radius 1 is 1.14 bits per heavy atom. The summed E-state index contributed by atoms with van der Waals surface area (Å²) in [6, 6.07) is 2.48. The molecule has 7 nitrogen and oxygen atoms in total. The highest BCUT2D eigenvalue weighted by Crippen LogP contribution is 2.70. The number of amides is 3. The van der Waals surface area contributed by atoms with E-state index in [1.54, 1.807) is 38.4 Å². The van der Waals surface area contributed by atoms with E-state index in [0.717, 1.165) is 0 Å². The zero-order valence-corrected chi connectivity index (χ0v) is 24.7. The van der Waals surface area contributed by atoms with Gasteiger partial charge in [-0.1, -0.05) is 41.4 Å². The minimum atomic E-state index is -1.49. The third-order valence-corrected chi connectivity index (χ3v) is 10.8. The molecule has 2 spiro atoms. The summed E-state index contributed by atoms with van der Waals surface area (Å²) < 4.78 is 44.5. The highest BCUT2D eigenvalue weighted by molar-refractivity contribution is 6.31. The number of alkyl halides is 2. The molecular formula is C30H33Cl2F3N4O3. The van der Waals surface area contributed by atoms with Crippen LogP contribution in [0.5, 0.6) is 0 Å². The van der Waals surface area contributed by atoms with Crippen molar-refractivity contribution < 1.29 is 27.6 Å². The number of fused-ring (bicyclic) bond motifs is 3. The van der Waals surface area contributed by atoms with Crippen LogP contribution in [-0.2, 0) is 14.4 Å². The second-order valence-corrected chi connectivity index (χ2v) is 13.7. The fourth-order valence-electron chi connectivity index (χ4n) is 8.42. The second kappa shape index (κ2) is 10.3. The van der Waals surface area contributed by atoms with Crippen molar-refractivity contribution in [1.82, 2.24) is 20.9 Å². The van der Waals surface area contributed by atoms with Gasteiger partial charge in [0.15, 0.2) is 0 Å². The molecule has 12 heteroatoms. The van der Waals surface area contributed by atoms with Gasteiger partial charge in [0.25, 0.3) is 0 Å². The van der Waals surface area contributed by atoms with Crippen molar-refractivity contribution in [3.05, 3.63) is 57.9 Å². The first-order valence-corrected chi connectivity index (χ1v) is 14.9. The molecule has 1 aromatic carbocycles. The SMILES string of the molecule is CN(C)C(=O)C1CC(NC(=O)[C@@H]2NC3(CC(CF)(CF)C3)[C@@]3(C(=O)NC4C=C(Cl)C=CC43)[C@H]2c2cccc(Cl)c2F)C1. The Hall–Kier alpha value is -2.56. The third kappa shape index (κ3) is 4.08. The fourth-order valence-corrected chi connectivity index (χ4v) is 8.81. The van der Waals surface area contributed by atoms with Crippen molar-refractivity contribution in [2.75, 3.05) is 27.4 Å². The van der Waals surface area contributed by atoms with E-state index in [1.807, 2.05) is 0 Å². The molecule has 42 heavy (non-hydrogen) atoms. The fraction of sp³-hybridized carbons (Fsp3) is 0.567. The van der Waals surface area contributed by atoms with Crippen molar-refractivity contribution in [2.45, 2.75) is 55.3 Å². The molecule has 2 saturated carbocycles. The van der Waals surface area contributed by atoms with Crippen LogP contribution < -0.4 is 16.0 Å². The molecule has 2 heterocycles. The molecule has 2 saturated heterocycles. The first-order valence-electron chi connectivity index (χ1n) is 14.1. The smallest absolute Gasteiger partial charge is 0.238 e. The molecule has 3 aliphatic carbocycles. The number of halogens is 5. The van der Waals surface area contributed by atoms with E-state index in [-0.39, 0.29) is 41.3 Å². The number of benzene rings is 1. The van der Waals surface area contributed by atoms with Crippen LogP contribution in [0.1, 0.15) is 37.2 Å². The number of carbonyl (C=O) groups excluding carboxylic acids is 3. The molecule has 0 bridgehead atoms. The molecule has 0 aromatic heterocycles. The third-order valence-electron chi connectivity index (χ3n) is 10.2. The van der Waals surface area contributed by atoms with Crippen molar-refractivity contribution in [3.63, 3.8) is 0 Å². The monoisotopic (exact) mass is 624 g/mol. The number of rotatable bonds is 6. The van der Waals surface area contributed by atoms with Crippen molar-refractivity contribution in [3.8, 4) is 0 Å². The molecule has 3 amide bonds. The number of nitrogens with one attached hydrogen (secondary N) is 3. The van der Waals surface area contributed by atoms with Gasteiger partial charge >= 0.3 is 0 Å². The predicted molar refractivity (Wildman–Crippen MR) is 152 cm³/mol. The summed E-state index contributed by atoms with van der Waals surface area (Å²) in [6.07, 6.45) is 5.92. The molecule has 0 radical (unpaired) electrons. The number of hydrogen-bond acceptors (Lipinski definition) is 4. The summed E-state index contributed by atoms with van der Waals surface area (Å²) in [4.78, 5) is 42.2. The van der Waals surface area contributed by atoms with Crippen LogP contribution in [0.3, 0.4) is 0 Å². The molecule has 6 rings (SSSR count). The summed E-state index contributed by atoms with van der Waals surface area (Å²) in [5.74, 6) is -3.58. The largest absolute Gasteiger partial charge is 0.352 e. The average Bonchev–Trinajstić information content (AvgIpc) is 3.38. The van der Waals surface area contributed by atoms with E-state index in [2.05, 4.69) is 16.0 Å². The Morgan fingerprint density at radius 2 is 1.83 bits per heavy atom. The second-order valence-electron chi connectivity index (χ2n) is 12.9. The van der Waals surface area contributed by atoms with E-state index >= 15 is 4.39 Å². The topological polar surface area (TPSA) is 90.5 Å². The predicted octanol–water partition coefficient (Wildman–Crippen LogP) is 3.77. The van der Waals surface area contributed by atoms with Crippen LogP contribution >= 0.6 is 23.2 Å². The van der Waals surface area contributed by atoms with Crippen molar-refractivity contribution >= 4 is 40.9 Å². The van der Waals surface area contributed by atoms with Gasteiger partial charge in [-0.15, -0.1) is 0 Å². The van der Waals surface area contributed by atoms with Gasteiger partial charge < -0.3 is 15.5 Å². The molecule has 4 fully saturated rings. The van der Waals surface area contributed by atoms with E-state index in [9.17, 15) is 23.2 Å². The Morgan fingerprint density at radius 3 is 2.48 bits per heavy atom. The number of nitrogens with zero attached hydrogens (tertiary/aromatic N) is 1. The maximum absolute atomic E-state index is 15.9. The van der Waals surface area contributed by atoms with Gasteiger partial charge in [0, 0.05) is 53.9 Å². The lowest BCUT2D eigenvalue weighted by atomic mass is 9.44. The molecule has 2 unspecified atom stereocenters. The van der Waals surface area contributed by atoms with Gasteiger partial charge in [0.2, 0.25) is 17.7 Å². The first-order chi connectivity index (χ1) is 19.9. The zero-order valence-electron chi connectivity index (χ0n) is 23.2. The minimum Gasteiger partial charge on any atom is -0.352 e. The lowest BCUT2D eigenvalue weighted by Gasteiger charge is -2.60. The van der Waals surface area contributed by atoms with Crippen LogP contribution in [-0.4, -0.2) is 73.7 Å².